The highest BCUT2D eigenvalue weighted by Gasteiger charge is 2.36. The summed E-state index contributed by atoms with van der Waals surface area (Å²) >= 11 is 1.44. The number of rotatable bonds is 6. The smallest absolute Gasteiger partial charge is 0.330 e. The van der Waals surface area contributed by atoms with E-state index < -0.39 is 31.7 Å². The lowest BCUT2D eigenvalue weighted by molar-refractivity contribution is -0.0259. The molecule has 1 aromatic rings. The van der Waals surface area contributed by atoms with Gasteiger partial charge in [0.25, 0.3) is 5.56 Å². The molecule has 0 saturated heterocycles. The van der Waals surface area contributed by atoms with Crippen LogP contribution < -0.4 is 11.2 Å². The molecular formula is C15H24N2O5SSi. The number of nitrogens with zero attached hydrogens (tertiary/aromatic N) is 1. The average molecular weight is 373 g/mol. The number of aliphatic hydroxyl groups excluding tert-OH is 2. The van der Waals surface area contributed by atoms with Crippen LogP contribution in [-0.4, -0.2) is 46.3 Å². The molecular weight excluding hydrogens is 348 g/mol. The quantitative estimate of drug-likeness (QED) is 0.655. The van der Waals surface area contributed by atoms with Gasteiger partial charge in [0.1, 0.15) is 11.9 Å². The highest BCUT2D eigenvalue weighted by Crippen LogP contribution is 2.40. The van der Waals surface area contributed by atoms with E-state index in [9.17, 15) is 19.8 Å². The van der Waals surface area contributed by atoms with E-state index in [-0.39, 0.29) is 12.4 Å². The summed E-state index contributed by atoms with van der Waals surface area (Å²) in [6.45, 7) is 8.00. The Bertz CT molecular complexity index is 749. The summed E-state index contributed by atoms with van der Waals surface area (Å²) in [5.41, 5.74) is -0.684. The Kier molecular flexibility index (Phi) is 5.79. The van der Waals surface area contributed by atoms with Crippen LogP contribution >= 0.6 is 11.8 Å². The number of nitrogens with one attached hydrogen (secondary N) is 1. The summed E-state index contributed by atoms with van der Waals surface area (Å²) < 4.78 is 6.89. The molecule has 1 aliphatic rings. The number of aliphatic hydroxyl groups is 2. The molecule has 1 aliphatic heterocycles. The van der Waals surface area contributed by atoms with E-state index in [4.69, 9.17) is 4.74 Å². The second kappa shape index (κ2) is 7.30. The molecule has 2 rings (SSSR count). The van der Waals surface area contributed by atoms with Crippen LogP contribution in [0.2, 0.25) is 25.7 Å². The van der Waals surface area contributed by atoms with Crippen LogP contribution in [0.3, 0.4) is 0 Å². The van der Waals surface area contributed by atoms with Crippen LogP contribution in [0.1, 0.15) is 11.8 Å². The van der Waals surface area contributed by atoms with Gasteiger partial charge in [-0.2, -0.15) is 0 Å². The Morgan fingerprint density at radius 2 is 2.04 bits per heavy atom. The molecule has 0 aliphatic carbocycles. The maximum Gasteiger partial charge on any atom is 0.330 e. The monoisotopic (exact) mass is 372 g/mol. The molecule has 9 heteroatoms. The topological polar surface area (TPSA) is 105 Å². The zero-order valence-corrected chi connectivity index (χ0v) is 16.1. The second-order valence-corrected chi connectivity index (χ2v) is 13.8. The van der Waals surface area contributed by atoms with Gasteiger partial charge in [0.15, 0.2) is 6.23 Å². The van der Waals surface area contributed by atoms with Crippen LogP contribution in [0.15, 0.2) is 26.5 Å². The lowest BCUT2D eigenvalue weighted by Crippen LogP contribution is -2.34. The maximum absolute atomic E-state index is 12.1. The van der Waals surface area contributed by atoms with E-state index >= 15 is 0 Å². The highest BCUT2D eigenvalue weighted by atomic mass is 32.2. The minimum Gasteiger partial charge on any atom is -0.508 e. The van der Waals surface area contributed by atoms with Gasteiger partial charge in [-0.05, 0) is 18.7 Å². The summed E-state index contributed by atoms with van der Waals surface area (Å²) in [6.07, 6.45) is -0.280. The predicted molar refractivity (Wildman–Crippen MR) is 97.3 cm³/mol. The van der Waals surface area contributed by atoms with Crippen LogP contribution in [0.5, 0.6) is 0 Å². The first-order chi connectivity index (χ1) is 11.1. The van der Waals surface area contributed by atoms with E-state index in [0.717, 1.165) is 11.8 Å². The molecule has 2 atom stereocenters. The molecule has 0 amide bonds. The van der Waals surface area contributed by atoms with E-state index in [1.165, 1.54) is 22.5 Å². The van der Waals surface area contributed by atoms with Crippen LogP contribution in [-0.2, 0) is 4.74 Å². The van der Waals surface area contributed by atoms with E-state index in [0.29, 0.717) is 10.5 Å². The number of aromatic amines is 1. The standard InChI is InChI=1S/C15H24N2O5SSi/c1-9-7-17(15(21)16-13(9)20)14-12(11(19)10(8-18)22-14)23-5-6-24(2,3)4/h7,10,14,18-19H,5-6,8H2,1-4H3,(H,16,20,21)/t10-,14-/m1/s1. The zero-order chi connectivity index (χ0) is 18.1. The van der Waals surface area contributed by atoms with Gasteiger partial charge in [-0.1, -0.05) is 19.6 Å². The van der Waals surface area contributed by atoms with Crippen LogP contribution in [0.4, 0.5) is 0 Å². The molecule has 3 N–H and O–H groups in total. The molecule has 24 heavy (non-hydrogen) atoms. The normalized spacial score (nSPS) is 21.5. The van der Waals surface area contributed by atoms with E-state index in [1.54, 1.807) is 6.92 Å². The van der Waals surface area contributed by atoms with Gasteiger partial charge in [-0.3, -0.25) is 14.3 Å². The predicted octanol–water partition coefficient (Wildman–Crippen LogP) is 1.58. The third kappa shape index (κ3) is 4.21. The van der Waals surface area contributed by atoms with Crippen molar-refractivity contribution in [3.05, 3.63) is 43.3 Å². The molecule has 0 aromatic carbocycles. The average Bonchev–Trinajstić information content (AvgIpc) is 2.78. The van der Waals surface area contributed by atoms with Crippen molar-refractivity contribution in [2.24, 2.45) is 0 Å². The van der Waals surface area contributed by atoms with Crippen molar-refractivity contribution >= 4 is 19.8 Å². The first-order valence-corrected chi connectivity index (χ1v) is 12.5. The summed E-state index contributed by atoms with van der Waals surface area (Å²) in [7, 11) is -1.24. The van der Waals surface area contributed by atoms with Gasteiger partial charge >= 0.3 is 5.69 Å². The number of hydrogen-bond donors (Lipinski definition) is 3. The number of ether oxygens (including phenoxy) is 1. The Morgan fingerprint density at radius 3 is 2.62 bits per heavy atom. The summed E-state index contributed by atoms with van der Waals surface area (Å²) in [4.78, 5) is 26.4. The van der Waals surface area contributed by atoms with Crippen molar-refractivity contribution in [2.75, 3.05) is 12.4 Å². The van der Waals surface area contributed by atoms with Gasteiger partial charge in [0.05, 0.1) is 11.5 Å². The first-order valence-electron chi connectivity index (χ1n) is 7.78. The third-order valence-electron chi connectivity index (χ3n) is 3.75. The van der Waals surface area contributed by atoms with Gasteiger partial charge in [-0.15, -0.1) is 11.8 Å². The van der Waals surface area contributed by atoms with Gasteiger partial charge < -0.3 is 14.9 Å². The molecule has 0 saturated carbocycles. The summed E-state index contributed by atoms with van der Waals surface area (Å²) in [5, 5.41) is 19.7. The van der Waals surface area contributed by atoms with Gasteiger partial charge in [0, 0.05) is 19.8 Å². The highest BCUT2D eigenvalue weighted by molar-refractivity contribution is 8.03. The van der Waals surface area contributed by atoms with Crippen LogP contribution in [0, 0.1) is 6.92 Å². The van der Waals surface area contributed by atoms with Crippen molar-refractivity contribution in [1.82, 2.24) is 9.55 Å². The first kappa shape index (κ1) is 19.0. The number of hydrogen-bond acceptors (Lipinski definition) is 6. The second-order valence-electron chi connectivity index (χ2n) is 7.05. The summed E-state index contributed by atoms with van der Waals surface area (Å²) in [6, 6.07) is 1.05. The molecule has 1 aromatic heterocycles. The molecule has 0 unspecified atom stereocenters. The van der Waals surface area contributed by atoms with E-state index in [2.05, 4.69) is 24.6 Å². The minimum absolute atomic E-state index is 0.0428. The van der Waals surface area contributed by atoms with Crippen molar-refractivity contribution in [3.8, 4) is 0 Å². The summed E-state index contributed by atoms with van der Waals surface area (Å²) in [5.74, 6) is 0.753. The third-order valence-corrected chi connectivity index (χ3v) is 6.99. The molecule has 0 fully saturated rings. The SMILES string of the molecule is Cc1cn([C@@H]2O[C@H](CO)C(O)=C2SCC[Si](C)(C)C)c(=O)[nH]c1=O. The van der Waals surface area contributed by atoms with Crippen molar-refractivity contribution < 1.29 is 14.9 Å². The fourth-order valence-electron chi connectivity index (χ4n) is 2.26. The Hall–Kier alpha value is -1.29. The van der Waals surface area contributed by atoms with Crippen molar-refractivity contribution in [1.29, 1.82) is 0 Å². The molecule has 7 nitrogen and oxygen atoms in total. The largest absolute Gasteiger partial charge is 0.508 e. The Balaban J connectivity index is 2.33. The molecule has 0 spiro atoms. The maximum atomic E-state index is 12.1. The number of H-pyrrole nitrogens is 1. The number of aromatic nitrogens is 2. The fourth-order valence-corrected chi connectivity index (χ4v) is 5.93. The number of thioether (sulfide) groups is 1. The van der Waals surface area contributed by atoms with Crippen molar-refractivity contribution in [2.45, 2.75) is 44.9 Å². The minimum atomic E-state index is -1.24. The Morgan fingerprint density at radius 1 is 1.38 bits per heavy atom. The molecule has 0 bridgehead atoms. The lowest BCUT2D eigenvalue weighted by Gasteiger charge is -2.19. The Labute approximate surface area is 145 Å². The molecule has 0 radical (unpaired) electrons. The van der Waals surface area contributed by atoms with Crippen LogP contribution in [0.25, 0.3) is 0 Å². The number of aryl methyl sites for hydroxylation is 1. The zero-order valence-electron chi connectivity index (χ0n) is 14.3. The van der Waals surface area contributed by atoms with E-state index in [1.807, 2.05) is 0 Å². The molecule has 2 heterocycles. The van der Waals surface area contributed by atoms with Gasteiger partial charge in [-0.25, -0.2) is 4.79 Å². The van der Waals surface area contributed by atoms with Gasteiger partial charge in [0.2, 0.25) is 0 Å². The molecule has 134 valence electrons. The lowest BCUT2D eigenvalue weighted by atomic mass is 10.3. The fraction of sp³-hybridized carbons (Fsp3) is 0.600. The van der Waals surface area contributed by atoms with Crippen molar-refractivity contribution in [3.63, 3.8) is 0 Å².